The van der Waals surface area contributed by atoms with Crippen molar-refractivity contribution < 1.29 is 0 Å². The highest BCUT2D eigenvalue weighted by molar-refractivity contribution is 4.93. The van der Waals surface area contributed by atoms with Crippen LogP contribution in [0.4, 0.5) is 0 Å². The second kappa shape index (κ2) is 2.15. The molecule has 0 saturated carbocycles. The number of hydrogen-bond acceptors (Lipinski definition) is 0. The van der Waals surface area contributed by atoms with Crippen LogP contribution in [-0.4, -0.2) is 0 Å². The van der Waals surface area contributed by atoms with Gasteiger partial charge in [0.1, 0.15) is 0 Å². The largest absolute Gasteiger partial charge is 0.0911 e. The van der Waals surface area contributed by atoms with E-state index in [4.69, 9.17) is 0 Å². The molecule has 7 heavy (non-hydrogen) atoms. The summed E-state index contributed by atoms with van der Waals surface area (Å²) in [5.74, 6) is 0. The highest BCUT2D eigenvalue weighted by atomic mass is 14.1. The lowest BCUT2D eigenvalue weighted by Crippen LogP contribution is -1.97. The molecule has 0 aromatic heterocycles. The molecule has 0 N–H and O–H groups in total. The summed E-state index contributed by atoms with van der Waals surface area (Å²) < 4.78 is 0. The predicted octanol–water partition coefficient (Wildman–Crippen LogP) is 2.42. The van der Waals surface area contributed by atoms with Crippen LogP contribution in [0.2, 0.25) is 0 Å². The van der Waals surface area contributed by atoms with Gasteiger partial charge in [0.25, 0.3) is 0 Å². The molecule has 0 amide bonds. The Labute approximate surface area is 46.2 Å². The first-order valence-corrected chi connectivity index (χ1v) is 2.55. The van der Waals surface area contributed by atoms with E-state index in [-0.39, 0.29) is 5.41 Å². The van der Waals surface area contributed by atoms with Crippen molar-refractivity contribution in [3.8, 4) is 0 Å². The smallest absolute Gasteiger partial charge is 0.0175 e. The summed E-state index contributed by atoms with van der Waals surface area (Å²) in [6.07, 6.45) is 4.10. The highest BCUT2D eigenvalue weighted by Gasteiger charge is 2.01. The summed E-state index contributed by atoms with van der Waals surface area (Å²) in [5, 5.41) is 0. The van der Waals surface area contributed by atoms with E-state index in [1.165, 1.54) is 0 Å². The summed E-state index contributed by atoms with van der Waals surface area (Å²) >= 11 is 0. The molecule has 0 fully saturated rings. The minimum absolute atomic E-state index is 0.120. The van der Waals surface area contributed by atoms with E-state index in [2.05, 4.69) is 26.8 Å². The molecule has 0 aliphatic rings. The van der Waals surface area contributed by atoms with E-state index < -0.39 is 0 Å². The Morgan fingerprint density at radius 2 is 1.86 bits per heavy atom. The van der Waals surface area contributed by atoms with E-state index in [0.29, 0.717) is 0 Å². The predicted molar refractivity (Wildman–Crippen MR) is 34.0 cm³/mol. The minimum Gasteiger partial charge on any atom is -0.0911 e. The molecule has 0 aromatic carbocycles. The fraction of sp³-hybridized carbons (Fsp3) is 0.571. The molecule has 0 aliphatic carbocycles. The standard InChI is InChI=1S/C7H13/c1-5-6-7(2,3)4/h5-6H,2H2,1,3-4H3/b6-5+. The molecule has 0 aromatic rings. The molecule has 0 spiro atoms. The maximum absolute atomic E-state index is 3.87. The first-order valence-electron chi connectivity index (χ1n) is 2.55. The fourth-order valence-electron chi connectivity index (χ4n) is 0.451. The van der Waals surface area contributed by atoms with Gasteiger partial charge in [0.05, 0.1) is 0 Å². The van der Waals surface area contributed by atoms with Crippen molar-refractivity contribution in [3.63, 3.8) is 0 Å². The summed E-state index contributed by atoms with van der Waals surface area (Å²) in [6.45, 7) is 10.0. The lowest BCUT2D eigenvalue weighted by atomic mass is 9.97. The lowest BCUT2D eigenvalue weighted by Gasteiger charge is -2.09. The third-order valence-electron chi connectivity index (χ3n) is 0.618. The van der Waals surface area contributed by atoms with Crippen molar-refractivity contribution in [2.24, 2.45) is 5.41 Å². The molecule has 0 rings (SSSR count). The average molecular weight is 97.2 g/mol. The topological polar surface area (TPSA) is 0 Å². The number of allylic oxidation sites excluding steroid dienone is 2. The SMILES string of the molecule is [CH2]C(C)(C)/C=C/C. The van der Waals surface area contributed by atoms with Crippen molar-refractivity contribution in [3.05, 3.63) is 19.1 Å². The first kappa shape index (κ1) is 6.74. The zero-order chi connectivity index (χ0) is 5.91. The number of hydrogen-bond donors (Lipinski definition) is 0. The van der Waals surface area contributed by atoms with E-state index in [1.807, 2.05) is 13.0 Å². The zero-order valence-corrected chi connectivity index (χ0v) is 5.36. The first-order chi connectivity index (χ1) is 3.06. The molecule has 1 radical (unpaired) electrons. The van der Waals surface area contributed by atoms with E-state index >= 15 is 0 Å². The van der Waals surface area contributed by atoms with Gasteiger partial charge in [-0.3, -0.25) is 0 Å². The van der Waals surface area contributed by atoms with Crippen LogP contribution < -0.4 is 0 Å². The van der Waals surface area contributed by atoms with Crippen LogP contribution in [0.3, 0.4) is 0 Å². The molecule has 0 heteroatoms. The summed E-state index contributed by atoms with van der Waals surface area (Å²) in [6, 6.07) is 0. The Bertz CT molecular complexity index is 62.6. The minimum atomic E-state index is 0.120. The summed E-state index contributed by atoms with van der Waals surface area (Å²) in [7, 11) is 0. The van der Waals surface area contributed by atoms with Crippen LogP contribution in [0, 0.1) is 12.3 Å². The van der Waals surface area contributed by atoms with Crippen molar-refractivity contribution in [1.82, 2.24) is 0 Å². The molecule has 41 valence electrons. The van der Waals surface area contributed by atoms with Crippen molar-refractivity contribution >= 4 is 0 Å². The molecule has 0 atom stereocenters. The van der Waals surface area contributed by atoms with E-state index in [9.17, 15) is 0 Å². The van der Waals surface area contributed by atoms with Gasteiger partial charge < -0.3 is 0 Å². The van der Waals surface area contributed by atoms with Gasteiger partial charge in [0, 0.05) is 0 Å². The highest BCUT2D eigenvalue weighted by Crippen LogP contribution is 2.12. The maximum Gasteiger partial charge on any atom is -0.0175 e. The zero-order valence-electron chi connectivity index (χ0n) is 5.36. The quantitative estimate of drug-likeness (QED) is 0.441. The van der Waals surface area contributed by atoms with Crippen molar-refractivity contribution in [2.75, 3.05) is 0 Å². The van der Waals surface area contributed by atoms with Gasteiger partial charge in [-0.15, -0.1) is 0 Å². The Balaban J connectivity index is 3.56. The van der Waals surface area contributed by atoms with E-state index in [1.54, 1.807) is 0 Å². The molecule has 0 nitrogen and oxygen atoms in total. The molecular formula is C7H13. The molecule has 0 unspecified atom stereocenters. The molecule has 0 heterocycles. The average Bonchev–Trinajstić information content (AvgIpc) is 1.30. The number of rotatable bonds is 1. The Kier molecular flexibility index (Phi) is 2.07. The van der Waals surface area contributed by atoms with Gasteiger partial charge in [0.2, 0.25) is 0 Å². The van der Waals surface area contributed by atoms with Gasteiger partial charge in [-0.25, -0.2) is 0 Å². The summed E-state index contributed by atoms with van der Waals surface area (Å²) in [4.78, 5) is 0. The van der Waals surface area contributed by atoms with Crippen LogP contribution >= 0.6 is 0 Å². The normalized spacial score (nSPS) is 13.1. The van der Waals surface area contributed by atoms with Gasteiger partial charge in [-0.1, -0.05) is 26.0 Å². The lowest BCUT2D eigenvalue weighted by molar-refractivity contribution is 0.620. The molecular weight excluding hydrogens is 84.1 g/mol. The van der Waals surface area contributed by atoms with Crippen molar-refractivity contribution in [2.45, 2.75) is 20.8 Å². The molecule has 0 saturated heterocycles. The monoisotopic (exact) mass is 97.1 g/mol. The van der Waals surface area contributed by atoms with Crippen LogP contribution in [-0.2, 0) is 0 Å². The summed E-state index contributed by atoms with van der Waals surface area (Å²) in [5.41, 5.74) is 0.120. The van der Waals surface area contributed by atoms with Crippen LogP contribution in [0.25, 0.3) is 0 Å². The van der Waals surface area contributed by atoms with Gasteiger partial charge in [-0.2, -0.15) is 0 Å². The van der Waals surface area contributed by atoms with Crippen molar-refractivity contribution in [1.29, 1.82) is 0 Å². The molecule has 0 aliphatic heterocycles. The molecule has 0 bridgehead atoms. The Morgan fingerprint density at radius 3 is 1.86 bits per heavy atom. The second-order valence-electron chi connectivity index (χ2n) is 2.49. The Hall–Kier alpha value is -0.260. The van der Waals surface area contributed by atoms with Crippen LogP contribution in [0.15, 0.2) is 12.2 Å². The third-order valence-corrected chi connectivity index (χ3v) is 0.618. The second-order valence-corrected chi connectivity index (χ2v) is 2.49. The Morgan fingerprint density at radius 1 is 1.43 bits per heavy atom. The van der Waals surface area contributed by atoms with Gasteiger partial charge in [-0.05, 0) is 19.3 Å². The van der Waals surface area contributed by atoms with Gasteiger partial charge >= 0.3 is 0 Å². The van der Waals surface area contributed by atoms with Crippen LogP contribution in [0.5, 0.6) is 0 Å². The van der Waals surface area contributed by atoms with Gasteiger partial charge in [0.15, 0.2) is 0 Å². The van der Waals surface area contributed by atoms with E-state index in [0.717, 1.165) is 0 Å². The maximum atomic E-state index is 3.87. The fourth-order valence-corrected chi connectivity index (χ4v) is 0.451. The third kappa shape index (κ3) is 5.74. The van der Waals surface area contributed by atoms with Crippen LogP contribution in [0.1, 0.15) is 20.8 Å².